The summed E-state index contributed by atoms with van der Waals surface area (Å²) in [5.41, 5.74) is 5.84. The molecule has 8 nitrogen and oxygen atoms in total. The number of aliphatic imine (C=N–C) groups is 1. The van der Waals surface area contributed by atoms with Crippen molar-refractivity contribution in [2.75, 3.05) is 32.8 Å². The predicted octanol–water partition coefficient (Wildman–Crippen LogP) is 3.01. The van der Waals surface area contributed by atoms with Crippen LogP contribution in [0, 0.1) is 0 Å². The molecule has 1 aliphatic heterocycles. The van der Waals surface area contributed by atoms with E-state index in [1.165, 1.54) is 6.20 Å². The van der Waals surface area contributed by atoms with Gasteiger partial charge in [0.2, 0.25) is 5.88 Å². The van der Waals surface area contributed by atoms with Gasteiger partial charge in [0.25, 0.3) is 0 Å². The Kier molecular flexibility index (Phi) is 9.43. The van der Waals surface area contributed by atoms with E-state index in [0.29, 0.717) is 31.7 Å². The van der Waals surface area contributed by atoms with Crippen molar-refractivity contribution in [3.8, 4) is 5.88 Å². The lowest BCUT2D eigenvalue weighted by Crippen LogP contribution is -2.53. The van der Waals surface area contributed by atoms with Gasteiger partial charge in [-0.15, -0.1) is 24.0 Å². The number of nitrogens with zero attached hydrogens (tertiary/aromatic N) is 4. The van der Waals surface area contributed by atoms with Crippen LogP contribution in [-0.4, -0.2) is 71.4 Å². The number of hydrogen-bond donors (Lipinski definition) is 1. The van der Waals surface area contributed by atoms with Gasteiger partial charge in [0, 0.05) is 37.9 Å². The molecule has 0 radical (unpaired) electrons. The minimum absolute atomic E-state index is 0. The van der Waals surface area contributed by atoms with Crippen LogP contribution in [0.25, 0.3) is 0 Å². The standard InChI is InChI=1S/C18H26F3N5O3.HI/c1-17(2,3)29-16(27)26-9-7-25(8-10-26)15(22)24-11-13-5-4-6-23-14(13)28-12-18(19,20)21;/h4-6H,7-12H2,1-3H3,(H2,22,24);1H. The maximum Gasteiger partial charge on any atom is 0.422 e. The molecule has 30 heavy (non-hydrogen) atoms. The Morgan fingerprint density at radius 3 is 2.37 bits per heavy atom. The van der Waals surface area contributed by atoms with Crippen molar-refractivity contribution in [3.05, 3.63) is 23.9 Å². The monoisotopic (exact) mass is 545 g/mol. The van der Waals surface area contributed by atoms with Crippen molar-refractivity contribution >= 4 is 36.0 Å². The van der Waals surface area contributed by atoms with Crippen molar-refractivity contribution < 1.29 is 27.4 Å². The number of hydrogen-bond acceptors (Lipinski definition) is 5. The predicted molar refractivity (Wildman–Crippen MR) is 116 cm³/mol. The number of amides is 1. The molecule has 170 valence electrons. The Labute approximate surface area is 190 Å². The fourth-order valence-corrected chi connectivity index (χ4v) is 2.54. The number of pyridine rings is 1. The van der Waals surface area contributed by atoms with Crippen molar-refractivity contribution in [3.63, 3.8) is 0 Å². The van der Waals surface area contributed by atoms with Crippen LogP contribution in [0.15, 0.2) is 23.3 Å². The van der Waals surface area contributed by atoms with E-state index < -0.39 is 18.4 Å². The van der Waals surface area contributed by atoms with Crippen LogP contribution in [0.3, 0.4) is 0 Å². The number of alkyl halides is 3. The highest BCUT2D eigenvalue weighted by atomic mass is 127. The van der Waals surface area contributed by atoms with Gasteiger partial charge in [0.1, 0.15) is 5.60 Å². The van der Waals surface area contributed by atoms with E-state index in [1.807, 2.05) is 0 Å². The number of carbonyl (C=O) groups is 1. The molecule has 0 atom stereocenters. The summed E-state index contributed by atoms with van der Waals surface area (Å²) in [4.78, 5) is 23.6. The molecule has 1 aliphatic rings. The zero-order valence-electron chi connectivity index (χ0n) is 17.1. The second-order valence-corrected chi connectivity index (χ2v) is 7.50. The summed E-state index contributed by atoms with van der Waals surface area (Å²) >= 11 is 0. The summed E-state index contributed by atoms with van der Waals surface area (Å²) in [7, 11) is 0. The van der Waals surface area contributed by atoms with Crippen LogP contribution in [-0.2, 0) is 11.3 Å². The van der Waals surface area contributed by atoms with Gasteiger partial charge in [-0.1, -0.05) is 6.07 Å². The highest BCUT2D eigenvalue weighted by Crippen LogP contribution is 2.20. The summed E-state index contributed by atoms with van der Waals surface area (Å²) in [6.45, 7) is 5.81. The van der Waals surface area contributed by atoms with Gasteiger partial charge in [-0.3, -0.25) is 0 Å². The molecule has 0 unspecified atom stereocenters. The Morgan fingerprint density at radius 2 is 1.80 bits per heavy atom. The number of carbonyl (C=O) groups excluding carboxylic acids is 1. The van der Waals surface area contributed by atoms with Crippen LogP contribution in [0.1, 0.15) is 26.3 Å². The number of nitrogens with two attached hydrogens (primary N) is 1. The summed E-state index contributed by atoms with van der Waals surface area (Å²) < 4.78 is 47.2. The number of aromatic nitrogens is 1. The topological polar surface area (TPSA) is 93.3 Å². The SMILES string of the molecule is CC(C)(C)OC(=O)N1CCN(C(N)=NCc2cccnc2OCC(F)(F)F)CC1.I. The molecule has 1 saturated heterocycles. The summed E-state index contributed by atoms with van der Waals surface area (Å²) in [5, 5.41) is 0. The largest absolute Gasteiger partial charge is 0.468 e. The Morgan fingerprint density at radius 1 is 1.20 bits per heavy atom. The molecule has 2 N–H and O–H groups in total. The Balaban J connectivity index is 0.00000450. The Hall–Kier alpha value is -1.99. The molecule has 0 aliphatic carbocycles. The molecule has 0 aromatic carbocycles. The first-order valence-electron chi connectivity index (χ1n) is 9.11. The highest BCUT2D eigenvalue weighted by Gasteiger charge is 2.29. The summed E-state index contributed by atoms with van der Waals surface area (Å²) in [6, 6.07) is 3.16. The van der Waals surface area contributed by atoms with E-state index in [4.69, 9.17) is 15.2 Å². The van der Waals surface area contributed by atoms with Gasteiger partial charge >= 0.3 is 12.3 Å². The number of piperazine rings is 1. The van der Waals surface area contributed by atoms with Crippen LogP contribution in [0.4, 0.5) is 18.0 Å². The fraction of sp³-hybridized carbons (Fsp3) is 0.611. The maximum atomic E-state index is 12.4. The lowest BCUT2D eigenvalue weighted by atomic mass is 10.2. The first-order valence-corrected chi connectivity index (χ1v) is 9.11. The van der Waals surface area contributed by atoms with Crippen LogP contribution in [0.5, 0.6) is 5.88 Å². The summed E-state index contributed by atoms with van der Waals surface area (Å²) in [6.07, 6.45) is -3.49. The molecule has 0 saturated carbocycles. The molecule has 1 aromatic rings. The van der Waals surface area contributed by atoms with E-state index in [9.17, 15) is 18.0 Å². The minimum atomic E-state index is -4.45. The van der Waals surface area contributed by atoms with E-state index in [2.05, 4.69) is 9.98 Å². The van der Waals surface area contributed by atoms with E-state index in [-0.39, 0.29) is 48.5 Å². The molecule has 2 heterocycles. The van der Waals surface area contributed by atoms with Gasteiger partial charge in [0.15, 0.2) is 12.6 Å². The fourth-order valence-electron chi connectivity index (χ4n) is 2.54. The van der Waals surface area contributed by atoms with Crippen LogP contribution < -0.4 is 10.5 Å². The smallest absolute Gasteiger partial charge is 0.422 e. The lowest BCUT2D eigenvalue weighted by molar-refractivity contribution is -0.154. The first kappa shape index (κ1) is 26.0. The first-order chi connectivity index (χ1) is 13.4. The van der Waals surface area contributed by atoms with Crippen molar-refractivity contribution in [1.82, 2.24) is 14.8 Å². The number of ether oxygens (including phenoxy) is 2. The second-order valence-electron chi connectivity index (χ2n) is 7.50. The van der Waals surface area contributed by atoms with Crippen molar-refractivity contribution in [2.45, 2.75) is 39.1 Å². The van der Waals surface area contributed by atoms with E-state index in [1.54, 1.807) is 42.7 Å². The number of halogens is 4. The van der Waals surface area contributed by atoms with Gasteiger partial charge < -0.3 is 25.0 Å². The highest BCUT2D eigenvalue weighted by molar-refractivity contribution is 14.0. The second kappa shape index (κ2) is 10.9. The molecule has 1 amide bonds. The van der Waals surface area contributed by atoms with E-state index >= 15 is 0 Å². The average Bonchev–Trinajstić information content (AvgIpc) is 2.63. The Bertz CT molecular complexity index is 733. The van der Waals surface area contributed by atoms with Gasteiger partial charge in [0.05, 0.1) is 6.54 Å². The quantitative estimate of drug-likeness (QED) is 0.356. The van der Waals surface area contributed by atoms with Gasteiger partial charge in [-0.2, -0.15) is 13.2 Å². The summed E-state index contributed by atoms with van der Waals surface area (Å²) in [5.74, 6) is 0.107. The molecule has 0 spiro atoms. The maximum absolute atomic E-state index is 12.4. The zero-order chi connectivity index (χ0) is 21.7. The molecule has 12 heteroatoms. The third kappa shape index (κ3) is 8.79. The third-order valence-corrected chi connectivity index (χ3v) is 3.89. The average molecular weight is 545 g/mol. The van der Waals surface area contributed by atoms with Gasteiger partial charge in [-0.05, 0) is 26.8 Å². The molecule has 1 fully saturated rings. The van der Waals surface area contributed by atoms with Crippen molar-refractivity contribution in [2.24, 2.45) is 10.7 Å². The molecule has 1 aromatic heterocycles. The van der Waals surface area contributed by atoms with E-state index in [0.717, 1.165) is 0 Å². The minimum Gasteiger partial charge on any atom is -0.468 e. The molecule has 0 bridgehead atoms. The van der Waals surface area contributed by atoms with Crippen molar-refractivity contribution in [1.29, 1.82) is 0 Å². The third-order valence-electron chi connectivity index (χ3n) is 3.89. The molecular formula is C18H27F3IN5O3. The molecular weight excluding hydrogens is 518 g/mol. The number of rotatable bonds is 4. The molecule has 2 rings (SSSR count). The number of guanidine groups is 1. The van der Waals surface area contributed by atoms with Gasteiger partial charge in [-0.25, -0.2) is 14.8 Å². The normalized spacial score (nSPS) is 15.5. The lowest BCUT2D eigenvalue weighted by Gasteiger charge is -2.36. The van der Waals surface area contributed by atoms with Crippen LogP contribution in [0.2, 0.25) is 0 Å². The van der Waals surface area contributed by atoms with Crippen LogP contribution >= 0.6 is 24.0 Å². The zero-order valence-corrected chi connectivity index (χ0v) is 19.4.